The van der Waals surface area contributed by atoms with E-state index in [1.54, 1.807) is 0 Å². The van der Waals surface area contributed by atoms with Crippen LogP contribution in [0, 0.1) is 6.92 Å². The van der Waals surface area contributed by atoms with Crippen LogP contribution in [0.4, 0.5) is 13.2 Å². The summed E-state index contributed by atoms with van der Waals surface area (Å²) in [5.41, 5.74) is 0.178. The molecule has 0 aliphatic heterocycles. The van der Waals surface area contributed by atoms with Gasteiger partial charge in [-0.15, -0.1) is 24.0 Å². The van der Waals surface area contributed by atoms with Crippen molar-refractivity contribution in [2.75, 3.05) is 26.7 Å². The van der Waals surface area contributed by atoms with Crippen LogP contribution >= 0.6 is 24.0 Å². The molecule has 0 aliphatic rings. The molecule has 0 atom stereocenters. The zero-order chi connectivity index (χ0) is 20.7. The third kappa shape index (κ3) is 7.41. The monoisotopic (exact) mass is 525 g/mol. The molecule has 0 saturated carbocycles. The summed E-state index contributed by atoms with van der Waals surface area (Å²) in [6, 6.07) is 7.72. The molecule has 1 heterocycles. The molecule has 0 unspecified atom stereocenters. The van der Waals surface area contributed by atoms with Crippen LogP contribution in [0.2, 0.25) is 0 Å². The van der Waals surface area contributed by atoms with Crippen molar-refractivity contribution >= 4 is 29.9 Å². The normalized spacial score (nSPS) is 11.8. The molecule has 0 radical (unpaired) electrons. The quantitative estimate of drug-likeness (QED) is 0.339. The van der Waals surface area contributed by atoms with Gasteiger partial charge in [0.1, 0.15) is 12.4 Å². The number of ether oxygens (including phenoxy) is 1. The summed E-state index contributed by atoms with van der Waals surface area (Å²) in [5.74, 6) is 1.32. The second-order valence-electron chi connectivity index (χ2n) is 6.38. The van der Waals surface area contributed by atoms with E-state index in [-0.39, 0.29) is 36.1 Å². The Bertz CT molecular complexity index is 807. The number of guanidine groups is 1. The van der Waals surface area contributed by atoms with Crippen molar-refractivity contribution in [1.82, 2.24) is 20.0 Å². The first-order chi connectivity index (χ1) is 13.2. The molecule has 0 amide bonds. The maximum Gasteiger partial charge on any atom is 0.435 e. The molecule has 0 bridgehead atoms. The van der Waals surface area contributed by atoms with Crippen LogP contribution in [0.3, 0.4) is 0 Å². The van der Waals surface area contributed by atoms with Crippen molar-refractivity contribution in [3.05, 3.63) is 47.3 Å². The maximum absolute atomic E-state index is 13.1. The second-order valence-corrected chi connectivity index (χ2v) is 6.38. The third-order valence-electron chi connectivity index (χ3n) is 4.05. The SMILES string of the molecule is CCNC(=NCc1cn(C)nc1C(F)(F)F)N(C)CCOc1ccccc1C.I. The van der Waals surface area contributed by atoms with Gasteiger partial charge in [-0.2, -0.15) is 18.3 Å². The Morgan fingerprint density at radius 1 is 1.31 bits per heavy atom. The zero-order valence-electron chi connectivity index (χ0n) is 17.0. The molecule has 29 heavy (non-hydrogen) atoms. The van der Waals surface area contributed by atoms with E-state index in [2.05, 4.69) is 15.4 Å². The number of benzene rings is 1. The van der Waals surface area contributed by atoms with E-state index < -0.39 is 11.9 Å². The molecule has 1 aromatic heterocycles. The first kappa shape index (κ1) is 25.1. The molecule has 2 rings (SSSR count). The van der Waals surface area contributed by atoms with Crippen LogP contribution in [0.25, 0.3) is 0 Å². The minimum absolute atomic E-state index is 0. The van der Waals surface area contributed by atoms with E-state index in [0.29, 0.717) is 25.7 Å². The number of halogens is 4. The number of para-hydroxylation sites is 1. The summed E-state index contributed by atoms with van der Waals surface area (Å²) < 4.78 is 46.2. The fourth-order valence-electron chi connectivity index (χ4n) is 2.64. The summed E-state index contributed by atoms with van der Waals surface area (Å²) in [7, 11) is 3.28. The van der Waals surface area contributed by atoms with Crippen LogP contribution in [0.15, 0.2) is 35.5 Å². The molecule has 0 saturated heterocycles. The van der Waals surface area contributed by atoms with E-state index in [1.165, 1.54) is 13.2 Å². The number of hydrogen-bond acceptors (Lipinski definition) is 3. The Morgan fingerprint density at radius 3 is 2.62 bits per heavy atom. The third-order valence-corrected chi connectivity index (χ3v) is 4.05. The average molecular weight is 525 g/mol. The molecule has 2 aromatic rings. The highest BCUT2D eigenvalue weighted by Crippen LogP contribution is 2.30. The Labute approximate surface area is 186 Å². The molecule has 0 aliphatic carbocycles. The highest BCUT2D eigenvalue weighted by molar-refractivity contribution is 14.0. The molecule has 0 spiro atoms. The summed E-state index contributed by atoms with van der Waals surface area (Å²) in [4.78, 5) is 6.16. The first-order valence-electron chi connectivity index (χ1n) is 9.00. The van der Waals surface area contributed by atoms with Crippen LogP contribution in [-0.4, -0.2) is 47.4 Å². The van der Waals surface area contributed by atoms with Crippen LogP contribution in [0.5, 0.6) is 5.75 Å². The summed E-state index contributed by atoms with van der Waals surface area (Å²) in [5, 5.41) is 6.60. The number of hydrogen-bond donors (Lipinski definition) is 1. The Balaban J connectivity index is 0.00000420. The molecule has 6 nitrogen and oxygen atoms in total. The predicted molar refractivity (Wildman–Crippen MR) is 118 cm³/mol. The summed E-state index contributed by atoms with van der Waals surface area (Å²) in [6.45, 7) is 5.30. The largest absolute Gasteiger partial charge is 0.491 e. The smallest absolute Gasteiger partial charge is 0.435 e. The Hall–Kier alpha value is -1.98. The van der Waals surface area contributed by atoms with Gasteiger partial charge in [0.05, 0.1) is 13.1 Å². The summed E-state index contributed by atoms with van der Waals surface area (Å²) in [6.07, 6.45) is -3.16. The average Bonchev–Trinajstić information content (AvgIpc) is 3.01. The molecule has 1 N–H and O–H groups in total. The van der Waals surface area contributed by atoms with Gasteiger partial charge in [-0.1, -0.05) is 18.2 Å². The first-order valence-corrected chi connectivity index (χ1v) is 9.00. The van der Waals surface area contributed by atoms with Crippen molar-refractivity contribution in [3.63, 3.8) is 0 Å². The van der Waals surface area contributed by atoms with Crippen molar-refractivity contribution in [2.45, 2.75) is 26.6 Å². The lowest BCUT2D eigenvalue weighted by molar-refractivity contribution is -0.142. The molecule has 1 aromatic carbocycles. The lowest BCUT2D eigenvalue weighted by atomic mass is 10.2. The molecule has 0 fully saturated rings. The van der Waals surface area contributed by atoms with Crippen molar-refractivity contribution < 1.29 is 17.9 Å². The van der Waals surface area contributed by atoms with Gasteiger partial charge in [-0.05, 0) is 25.5 Å². The minimum atomic E-state index is -4.50. The topological polar surface area (TPSA) is 54.7 Å². The maximum atomic E-state index is 13.1. The van der Waals surface area contributed by atoms with Gasteiger partial charge >= 0.3 is 6.18 Å². The second kappa shape index (κ2) is 11.3. The van der Waals surface area contributed by atoms with Crippen LogP contribution in [-0.2, 0) is 19.8 Å². The lowest BCUT2D eigenvalue weighted by Crippen LogP contribution is -2.40. The highest BCUT2D eigenvalue weighted by Gasteiger charge is 2.36. The summed E-state index contributed by atoms with van der Waals surface area (Å²) >= 11 is 0. The van der Waals surface area contributed by atoms with Gasteiger partial charge in [0.25, 0.3) is 0 Å². The number of alkyl halides is 3. The number of aromatic nitrogens is 2. The van der Waals surface area contributed by atoms with Crippen molar-refractivity contribution in [1.29, 1.82) is 0 Å². The number of aliphatic imine (C=N–C) groups is 1. The van der Waals surface area contributed by atoms with Gasteiger partial charge in [-0.3, -0.25) is 4.68 Å². The lowest BCUT2D eigenvalue weighted by Gasteiger charge is -2.22. The number of rotatable bonds is 7. The molecular weight excluding hydrogens is 498 g/mol. The number of nitrogens with one attached hydrogen (secondary N) is 1. The van der Waals surface area contributed by atoms with E-state index in [1.807, 2.05) is 50.1 Å². The molecule has 10 heteroatoms. The van der Waals surface area contributed by atoms with Gasteiger partial charge in [0.2, 0.25) is 0 Å². The van der Waals surface area contributed by atoms with Gasteiger partial charge in [0.15, 0.2) is 11.7 Å². The zero-order valence-corrected chi connectivity index (χ0v) is 19.3. The van der Waals surface area contributed by atoms with E-state index in [0.717, 1.165) is 16.0 Å². The highest BCUT2D eigenvalue weighted by atomic mass is 127. The van der Waals surface area contributed by atoms with E-state index in [4.69, 9.17) is 4.74 Å². The predicted octanol–water partition coefficient (Wildman–Crippen LogP) is 3.84. The fourth-order valence-corrected chi connectivity index (χ4v) is 2.64. The fraction of sp³-hybridized carbons (Fsp3) is 0.474. The van der Waals surface area contributed by atoms with Crippen molar-refractivity contribution in [3.8, 4) is 5.75 Å². The Kier molecular flexibility index (Phi) is 9.74. The van der Waals surface area contributed by atoms with Gasteiger partial charge in [-0.25, -0.2) is 4.99 Å². The Morgan fingerprint density at radius 2 is 2.00 bits per heavy atom. The van der Waals surface area contributed by atoms with E-state index >= 15 is 0 Å². The number of aryl methyl sites for hydroxylation is 2. The van der Waals surface area contributed by atoms with Crippen molar-refractivity contribution in [2.24, 2.45) is 12.0 Å². The number of nitrogens with zero attached hydrogens (tertiary/aromatic N) is 4. The van der Waals surface area contributed by atoms with Crippen LogP contribution < -0.4 is 10.1 Å². The van der Waals surface area contributed by atoms with Gasteiger partial charge in [0, 0.05) is 32.4 Å². The molecule has 162 valence electrons. The van der Waals surface area contributed by atoms with Gasteiger partial charge < -0.3 is 15.0 Å². The van der Waals surface area contributed by atoms with E-state index in [9.17, 15) is 13.2 Å². The van der Waals surface area contributed by atoms with Crippen LogP contribution in [0.1, 0.15) is 23.7 Å². The molecular formula is C19H27F3IN5O. The number of likely N-dealkylation sites (N-methyl/N-ethyl adjacent to an activating group) is 1. The minimum Gasteiger partial charge on any atom is -0.491 e. The standard InChI is InChI=1S/C19H26F3N5O.HI/c1-5-23-18(24-12-15-13-27(4)25-17(15)19(20,21)22)26(3)10-11-28-16-9-7-6-8-14(16)2;/h6-9,13H,5,10-12H2,1-4H3,(H,23,24);1H.